The molecule has 4 heterocycles. The summed E-state index contributed by atoms with van der Waals surface area (Å²) in [5.74, 6) is 0. The molecule has 4 nitrogen and oxygen atoms in total. The standard InChI is InChI=1S/C88H58N4/c1-5-25-81-71(13-1)75-21-9-17-67(85(75)89-81)59-37-45-63(46-38-59)79(64-47-39-60(40-48-64)68-18-10-22-76-72-14-2-6-26-82(72)90-86(68)76)53-55-29-33-57(34-30-55)58-35-31-56(32-36-58)54-80(65-49-41-61(42-50-65)69-19-11-23-77-73-15-3-7-27-83(73)91-87(69)77)66-51-43-62(44-52-66)70-20-12-24-78-74-16-4-8-28-84(74)92-88(70)78/h1-54,89-92H. The Labute approximate surface area is 531 Å². The Morgan fingerprint density at radius 1 is 0.185 bits per heavy atom. The van der Waals surface area contributed by atoms with Crippen molar-refractivity contribution in [1.29, 1.82) is 0 Å². The third kappa shape index (κ3) is 9.15. The third-order valence-electron chi connectivity index (χ3n) is 19.0. The summed E-state index contributed by atoms with van der Waals surface area (Å²) in [5.41, 5.74) is 30.1. The van der Waals surface area contributed by atoms with Crippen molar-refractivity contribution in [3.63, 3.8) is 0 Å². The van der Waals surface area contributed by atoms with Crippen LogP contribution in [0.25, 0.3) is 166 Å². The molecule has 0 aliphatic heterocycles. The number of nitrogens with one attached hydrogen (secondary N) is 4. The lowest BCUT2D eigenvalue weighted by molar-refractivity contribution is 1.51. The van der Waals surface area contributed by atoms with Gasteiger partial charge in [0.05, 0.1) is 22.1 Å². The molecule has 14 aromatic carbocycles. The van der Waals surface area contributed by atoms with Gasteiger partial charge in [0, 0.05) is 87.4 Å². The van der Waals surface area contributed by atoms with Crippen LogP contribution >= 0.6 is 0 Å². The summed E-state index contributed by atoms with van der Waals surface area (Å²) in [5, 5.41) is 9.90. The summed E-state index contributed by atoms with van der Waals surface area (Å²) in [7, 11) is 0. The molecule has 0 fully saturated rings. The first-order valence-corrected chi connectivity index (χ1v) is 31.6. The molecular formula is C88H58N4. The van der Waals surface area contributed by atoms with E-state index < -0.39 is 0 Å². The minimum absolute atomic E-state index is 1.12. The Hall–Kier alpha value is -12.2. The Bertz CT molecular complexity index is 5240. The number of benzene rings is 14. The molecule has 0 aliphatic carbocycles. The lowest BCUT2D eigenvalue weighted by Gasteiger charge is -2.13. The molecule has 4 N–H and O–H groups in total. The lowest BCUT2D eigenvalue weighted by atomic mass is 9.91. The molecule has 0 aliphatic rings. The van der Waals surface area contributed by atoms with Crippen LogP contribution in [0.1, 0.15) is 33.4 Å². The second-order valence-electron chi connectivity index (χ2n) is 24.3. The highest BCUT2D eigenvalue weighted by Crippen LogP contribution is 2.41. The van der Waals surface area contributed by atoms with Gasteiger partial charge in [-0.15, -0.1) is 0 Å². The smallest absolute Gasteiger partial charge is 0.0544 e. The quantitative estimate of drug-likeness (QED) is 0.0933. The summed E-state index contributed by atoms with van der Waals surface area (Å²) in [6, 6.07) is 115. The van der Waals surface area contributed by atoms with Crippen molar-refractivity contribution in [1.82, 2.24) is 19.9 Å². The minimum Gasteiger partial charge on any atom is -0.354 e. The Kier molecular flexibility index (Phi) is 12.5. The van der Waals surface area contributed by atoms with Crippen LogP contribution in [0.4, 0.5) is 0 Å². The number of H-pyrrole nitrogens is 4. The fourth-order valence-corrected chi connectivity index (χ4v) is 14.3. The highest BCUT2D eigenvalue weighted by atomic mass is 14.7. The van der Waals surface area contributed by atoms with Crippen molar-refractivity contribution in [2.24, 2.45) is 0 Å². The second kappa shape index (κ2) is 21.8. The predicted molar refractivity (Wildman–Crippen MR) is 391 cm³/mol. The average molecular weight is 1170 g/mol. The van der Waals surface area contributed by atoms with Gasteiger partial charge >= 0.3 is 0 Å². The van der Waals surface area contributed by atoms with Crippen LogP contribution in [0.3, 0.4) is 0 Å². The summed E-state index contributed by atoms with van der Waals surface area (Å²) in [4.78, 5) is 14.9. The van der Waals surface area contributed by atoms with Gasteiger partial charge in [-0.25, -0.2) is 0 Å². The first-order valence-electron chi connectivity index (χ1n) is 31.6. The number of aromatic nitrogens is 4. The van der Waals surface area contributed by atoms with Gasteiger partial charge in [-0.05, 0) is 114 Å². The fraction of sp³-hybridized carbons (Fsp3) is 0. The molecule has 0 bridgehead atoms. The van der Waals surface area contributed by atoms with Gasteiger partial charge in [0.1, 0.15) is 0 Å². The number of fused-ring (bicyclic) bond motifs is 12. The predicted octanol–water partition coefficient (Wildman–Crippen LogP) is 23.7. The topological polar surface area (TPSA) is 63.2 Å². The monoisotopic (exact) mass is 1170 g/mol. The number of aromatic amines is 4. The van der Waals surface area contributed by atoms with Crippen LogP contribution < -0.4 is 0 Å². The largest absolute Gasteiger partial charge is 0.354 e. The maximum atomic E-state index is 3.72. The van der Waals surface area contributed by atoms with Crippen molar-refractivity contribution in [3.05, 3.63) is 349 Å². The Balaban J connectivity index is 0.678. The zero-order valence-electron chi connectivity index (χ0n) is 50.2. The van der Waals surface area contributed by atoms with Gasteiger partial charge in [0.2, 0.25) is 0 Å². The van der Waals surface area contributed by atoms with Crippen molar-refractivity contribution < 1.29 is 0 Å². The van der Waals surface area contributed by atoms with Gasteiger partial charge in [0.15, 0.2) is 0 Å². The van der Waals surface area contributed by atoms with Crippen molar-refractivity contribution in [3.8, 4) is 55.6 Å². The first kappa shape index (κ1) is 52.8. The van der Waals surface area contributed by atoms with E-state index in [0.29, 0.717) is 0 Å². The van der Waals surface area contributed by atoms with Gasteiger partial charge < -0.3 is 19.9 Å². The summed E-state index contributed by atoms with van der Waals surface area (Å²) < 4.78 is 0. The van der Waals surface area contributed by atoms with Gasteiger partial charge in [-0.2, -0.15) is 0 Å². The van der Waals surface area contributed by atoms with Gasteiger partial charge in [-0.3, -0.25) is 0 Å². The maximum Gasteiger partial charge on any atom is 0.0544 e. The average Bonchev–Trinajstić information content (AvgIpc) is 1.70. The molecule has 0 unspecified atom stereocenters. The van der Waals surface area contributed by atoms with Crippen LogP contribution in [-0.4, -0.2) is 19.9 Å². The van der Waals surface area contributed by atoms with Crippen LogP contribution in [0.15, 0.2) is 315 Å². The van der Waals surface area contributed by atoms with Crippen molar-refractivity contribution in [2.45, 2.75) is 0 Å². The number of hydrogen-bond acceptors (Lipinski definition) is 0. The van der Waals surface area contributed by atoms with Gasteiger partial charge in [0.25, 0.3) is 0 Å². The van der Waals surface area contributed by atoms with E-state index in [4.69, 9.17) is 0 Å². The molecule has 0 amide bonds. The molecule has 92 heavy (non-hydrogen) atoms. The first-order chi connectivity index (χ1) is 45.6. The molecular weight excluding hydrogens is 1110 g/mol. The Morgan fingerprint density at radius 3 is 0.652 bits per heavy atom. The van der Waals surface area contributed by atoms with Crippen molar-refractivity contribution in [2.75, 3.05) is 0 Å². The van der Waals surface area contributed by atoms with E-state index >= 15 is 0 Å². The van der Waals surface area contributed by atoms with Crippen LogP contribution in [0.5, 0.6) is 0 Å². The highest BCUT2D eigenvalue weighted by molar-refractivity contribution is 6.15. The molecule has 430 valence electrons. The Morgan fingerprint density at radius 2 is 0.402 bits per heavy atom. The van der Waals surface area contributed by atoms with E-state index in [1.807, 2.05) is 0 Å². The number of para-hydroxylation sites is 8. The minimum atomic E-state index is 1.12. The molecule has 18 rings (SSSR count). The molecule has 4 heteroatoms. The maximum absolute atomic E-state index is 3.72. The van der Waals surface area contributed by atoms with E-state index in [-0.39, 0.29) is 0 Å². The molecule has 18 aromatic rings. The summed E-state index contributed by atoms with van der Waals surface area (Å²) in [6.07, 6.45) is 4.67. The zero-order valence-corrected chi connectivity index (χ0v) is 50.2. The van der Waals surface area contributed by atoms with E-state index in [2.05, 4.69) is 348 Å². The summed E-state index contributed by atoms with van der Waals surface area (Å²) >= 11 is 0. The fourth-order valence-electron chi connectivity index (χ4n) is 14.3. The second-order valence-corrected chi connectivity index (χ2v) is 24.3. The van der Waals surface area contributed by atoms with E-state index in [0.717, 1.165) is 99.8 Å². The molecule has 0 atom stereocenters. The number of hydrogen-bond donors (Lipinski definition) is 4. The number of rotatable bonds is 11. The summed E-state index contributed by atoms with van der Waals surface area (Å²) in [6.45, 7) is 0. The molecule has 0 saturated heterocycles. The SMILES string of the molecule is C(=C(c1ccc(-c2cccc3c2[nH]c2ccccc23)cc1)c1ccc(-c2cccc3c2[nH]c2ccccc23)cc1)c1ccc(-c2ccc(C=C(c3ccc(-c4cccc5c4[nH]c4ccccc45)cc3)c3ccc(-c4cccc5c4[nH]c4ccccc45)cc3)cc2)cc1. The third-order valence-corrected chi connectivity index (χ3v) is 19.0. The highest BCUT2D eigenvalue weighted by Gasteiger charge is 2.17. The molecule has 0 radical (unpaired) electrons. The molecule has 4 aromatic heterocycles. The van der Waals surface area contributed by atoms with Crippen molar-refractivity contribution >= 4 is 111 Å². The van der Waals surface area contributed by atoms with Crippen LogP contribution in [-0.2, 0) is 0 Å². The molecule has 0 saturated carbocycles. The van der Waals surface area contributed by atoms with E-state index in [1.54, 1.807) is 0 Å². The zero-order chi connectivity index (χ0) is 60.6. The lowest BCUT2D eigenvalue weighted by Crippen LogP contribution is -1.91. The van der Waals surface area contributed by atoms with Crippen LogP contribution in [0.2, 0.25) is 0 Å². The van der Waals surface area contributed by atoms with E-state index in [1.165, 1.54) is 87.6 Å². The normalized spacial score (nSPS) is 11.7. The van der Waals surface area contributed by atoms with Crippen LogP contribution in [0, 0.1) is 0 Å². The van der Waals surface area contributed by atoms with Gasteiger partial charge in [-0.1, -0.05) is 291 Å². The van der Waals surface area contributed by atoms with E-state index in [9.17, 15) is 0 Å². The molecule has 0 spiro atoms.